The Morgan fingerprint density at radius 1 is 1.56 bits per heavy atom. The molecule has 0 saturated carbocycles. The van der Waals surface area contributed by atoms with Gasteiger partial charge in [0, 0.05) is 24.8 Å². The summed E-state index contributed by atoms with van der Waals surface area (Å²) in [4.78, 5) is 3.76. The van der Waals surface area contributed by atoms with Gasteiger partial charge in [-0.05, 0) is 6.92 Å². The average Bonchev–Trinajstić information content (AvgIpc) is 2.87. The molecule has 98 valence electrons. The van der Waals surface area contributed by atoms with Crippen LogP contribution in [0.3, 0.4) is 0 Å². The molecule has 1 atom stereocenters. The molecule has 0 radical (unpaired) electrons. The molecule has 0 spiro atoms. The topological polar surface area (TPSA) is 119 Å². The van der Waals surface area contributed by atoms with Crippen LogP contribution in [0.25, 0.3) is 0 Å². The number of nitrogen functional groups attached to an aromatic ring is 1. The number of aromatic amines is 1. The highest BCUT2D eigenvalue weighted by Crippen LogP contribution is 2.19. The summed E-state index contributed by atoms with van der Waals surface area (Å²) in [6.45, 7) is 1.72. The Balaban J connectivity index is 2.28. The number of imidazole rings is 1. The van der Waals surface area contributed by atoms with Crippen LogP contribution in [0.2, 0.25) is 0 Å². The van der Waals surface area contributed by atoms with Crippen molar-refractivity contribution >= 4 is 15.8 Å². The summed E-state index contributed by atoms with van der Waals surface area (Å²) in [5.74, 6) is -0.0237. The van der Waals surface area contributed by atoms with Crippen LogP contribution >= 0.6 is 0 Å². The van der Waals surface area contributed by atoms with E-state index in [-0.39, 0.29) is 10.8 Å². The van der Waals surface area contributed by atoms with Crippen molar-refractivity contribution in [1.82, 2.24) is 24.5 Å². The molecule has 2 aromatic heterocycles. The molecular formula is C9H14N6O2S. The van der Waals surface area contributed by atoms with E-state index in [0.717, 1.165) is 5.56 Å². The largest absolute Gasteiger partial charge is 0.381 e. The zero-order valence-electron chi connectivity index (χ0n) is 9.95. The number of hydrogen-bond acceptors (Lipinski definition) is 5. The molecule has 2 aromatic rings. The van der Waals surface area contributed by atoms with Crippen LogP contribution < -0.4 is 10.5 Å². The number of rotatable bonds is 4. The molecule has 1 unspecified atom stereocenters. The number of anilines is 1. The van der Waals surface area contributed by atoms with E-state index >= 15 is 0 Å². The number of aromatic nitrogens is 4. The summed E-state index contributed by atoms with van der Waals surface area (Å²) in [5, 5.41) is 6.35. The maximum atomic E-state index is 12.2. The third-order valence-corrected chi connectivity index (χ3v) is 4.19. The summed E-state index contributed by atoms with van der Waals surface area (Å²) in [7, 11) is -2.15. The van der Waals surface area contributed by atoms with E-state index in [4.69, 9.17) is 5.73 Å². The van der Waals surface area contributed by atoms with E-state index in [1.807, 2.05) is 0 Å². The molecule has 0 aliphatic heterocycles. The first kappa shape index (κ1) is 12.6. The minimum Gasteiger partial charge on any atom is -0.381 e. The molecule has 0 aromatic carbocycles. The van der Waals surface area contributed by atoms with Crippen LogP contribution in [-0.4, -0.2) is 28.2 Å². The van der Waals surface area contributed by atoms with Crippen LogP contribution in [0, 0.1) is 0 Å². The molecule has 2 heterocycles. The fourth-order valence-corrected chi connectivity index (χ4v) is 3.09. The number of nitrogens with zero attached hydrogens (tertiary/aromatic N) is 3. The second-order valence-electron chi connectivity index (χ2n) is 3.92. The Kier molecular flexibility index (Phi) is 3.09. The standard InChI is InChI=1S/C9H14N6O2S/c1-6(7-3-12-13-4-7)14-18(16,17)9-8(10)11-5-15(9)2/h3-6,14H,10H2,1-2H3,(H,12,13). The van der Waals surface area contributed by atoms with Gasteiger partial charge in [0.2, 0.25) is 0 Å². The SMILES string of the molecule is CC(NS(=O)(=O)c1c(N)ncn1C)c1cn[nH]c1. The van der Waals surface area contributed by atoms with Gasteiger partial charge in [-0.2, -0.15) is 5.10 Å². The highest BCUT2D eigenvalue weighted by molar-refractivity contribution is 7.89. The van der Waals surface area contributed by atoms with Gasteiger partial charge in [0.15, 0.2) is 10.8 Å². The molecule has 0 aliphatic rings. The second kappa shape index (κ2) is 4.42. The van der Waals surface area contributed by atoms with Gasteiger partial charge in [-0.1, -0.05) is 0 Å². The van der Waals surface area contributed by atoms with Crippen LogP contribution in [-0.2, 0) is 17.1 Å². The summed E-state index contributed by atoms with van der Waals surface area (Å²) in [6.07, 6.45) is 4.53. The van der Waals surface area contributed by atoms with Crippen molar-refractivity contribution < 1.29 is 8.42 Å². The monoisotopic (exact) mass is 270 g/mol. The van der Waals surface area contributed by atoms with Crippen molar-refractivity contribution in [3.63, 3.8) is 0 Å². The molecule has 0 fully saturated rings. The second-order valence-corrected chi connectivity index (χ2v) is 5.55. The Bertz CT molecular complexity index is 611. The van der Waals surface area contributed by atoms with Gasteiger partial charge in [-0.15, -0.1) is 0 Å². The van der Waals surface area contributed by atoms with E-state index in [1.165, 1.54) is 10.9 Å². The number of nitrogens with one attached hydrogen (secondary N) is 2. The lowest BCUT2D eigenvalue weighted by Gasteiger charge is -2.13. The number of hydrogen-bond donors (Lipinski definition) is 3. The van der Waals surface area contributed by atoms with Crippen molar-refractivity contribution in [2.24, 2.45) is 7.05 Å². The summed E-state index contributed by atoms with van der Waals surface area (Å²) in [5.41, 5.74) is 6.29. The molecule has 0 bridgehead atoms. The minimum absolute atomic E-state index is 0.0237. The lowest BCUT2D eigenvalue weighted by molar-refractivity contribution is 0.558. The van der Waals surface area contributed by atoms with Crippen LogP contribution in [0.1, 0.15) is 18.5 Å². The van der Waals surface area contributed by atoms with Crippen molar-refractivity contribution in [1.29, 1.82) is 0 Å². The maximum absolute atomic E-state index is 12.2. The van der Waals surface area contributed by atoms with E-state index < -0.39 is 16.1 Å². The van der Waals surface area contributed by atoms with Gasteiger partial charge in [-0.3, -0.25) is 5.10 Å². The average molecular weight is 270 g/mol. The van der Waals surface area contributed by atoms with Crippen LogP contribution in [0.15, 0.2) is 23.7 Å². The molecule has 0 saturated heterocycles. The van der Waals surface area contributed by atoms with Crippen molar-refractivity contribution in [2.45, 2.75) is 18.0 Å². The molecule has 0 aliphatic carbocycles. The normalized spacial score (nSPS) is 13.7. The van der Waals surface area contributed by atoms with E-state index in [9.17, 15) is 8.42 Å². The first-order chi connectivity index (χ1) is 8.42. The third kappa shape index (κ3) is 2.22. The third-order valence-electron chi connectivity index (χ3n) is 2.52. The van der Waals surface area contributed by atoms with Crippen LogP contribution in [0.5, 0.6) is 0 Å². The van der Waals surface area contributed by atoms with E-state index in [2.05, 4.69) is 19.9 Å². The summed E-state index contributed by atoms with van der Waals surface area (Å²) >= 11 is 0. The zero-order valence-corrected chi connectivity index (χ0v) is 10.8. The Labute approximate surface area is 104 Å². The molecule has 4 N–H and O–H groups in total. The predicted molar refractivity (Wildman–Crippen MR) is 64.9 cm³/mol. The fraction of sp³-hybridized carbons (Fsp3) is 0.333. The van der Waals surface area contributed by atoms with Crippen molar-refractivity contribution in [3.05, 3.63) is 24.3 Å². The van der Waals surface area contributed by atoms with E-state index in [0.29, 0.717) is 0 Å². The predicted octanol–water partition coefficient (Wildman–Crippen LogP) is -0.235. The molecular weight excluding hydrogens is 256 g/mol. The highest BCUT2D eigenvalue weighted by atomic mass is 32.2. The van der Waals surface area contributed by atoms with Gasteiger partial charge in [0.05, 0.1) is 12.5 Å². The Morgan fingerprint density at radius 2 is 2.28 bits per heavy atom. The smallest absolute Gasteiger partial charge is 0.260 e. The van der Waals surface area contributed by atoms with Gasteiger partial charge in [0.1, 0.15) is 0 Å². The molecule has 18 heavy (non-hydrogen) atoms. The van der Waals surface area contributed by atoms with E-state index in [1.54, 1.807) is 26.4 Å². The maximum Gasteiger partial charge on any atom is 0.260 e. The first-order valence-corrected chi connectivity index (χ1v) is 6.68. The number of H-pyrrole nitrogens is 1. The Hall–Kier alpha value is -1.87. The molecule has 2 rings (SSSR count). The lowest BCUT2D eigenvalue weighted by Crippen LogP contribution is -2.28. The summed E-state index contributed by atoms with van der Waals surface area (Å²) < 4.78 is 28.2. The first-order valence-electron chi connectivity index (χ1n) is 5.19. The quantitative estimate of drug-likeness (QED) is 0.708. The van der Waals surface area contributed by atoms with Crippen molar-refractivity contribution in [2.75, 3.05) is 5.73 Å². The lowest BCUT2D eigenvalue weighted by atomic mass is 10.2. The zero-order chi connectivity index (χ0) is 13.3. The summed E-state index contributed by atoms with van der Waals surface area (Å²) in [6, 6.07) is -0.414. The minimum atomic E-state index is -3.72. The highest BCUT2D eigenvalue weighted by Gasteiger charge is 2.24. The van der Waals surface area contributed by atoms with Gasteiger partial charge >= 0.3 is 0 Å². The van der Waals surface area contributed by atoms with Gasteiger partial charge < -0.3 is 10.3 Å². The Morgan fingerprint density at radius 3 is 2.78 bits per heavy atom. The van der Waals surface area contributed by atoms with Crippen molar-refractivity contribution in [3.8, 4) is 0 Å². The van der Waals surface area contributed by atoms with Gasteiger partial charge in [0.25, 0.3) is 10.0 Å². The number of sulfonamides is 1. The number of aryl methyl sites for hydroxylation is 1. The number of nitrogens with two attached hydrogens (primary N) is 1. The molecule has 0 amide bonds. The molecule has 9 heteroatoms. The van der Waals surface area contributed by atoms with Crippen LogP contribution in [0.4, 0.5) is 5.82 Å². The molecule has 8 nitrogen and oxygen atoms in total. The fourth-order valence-electron chi connectivity index (χ4n) is 1.62. The van der Waals surface area contributed by atoms with Gasteiger partial charge in [-0.25, -0.2) is 18.1 Å².